The first-order valence-electron chi connectivity index (χ1n) is 5.32. The van der Waals surface area contributed by atoms with Crippen LogP contribution >= 0.6 is 11.8 Å². The highest BCUT2D eigenvalue weighted by molar-refractivity contribution is 7.98. The number of thioether (sulfide) groups is 1. The maximum absolute atomic E-state index is 12.0. The topological polar surface area (TPSA) is 20.2 Å². The van der Waals surface area contributed by atoms with E-state index in [1.807, 2.05) is 18.4 Å². The molecule has 0 aliphatic carbocycles. The molecule has 0 saturated carbocycles. The fourth-order valence-corrected chi connectivity index (χ4v) is 2.25. The molecule has 0 fully saturated rings. The average Bonchev–Trinajstić information content (AvgIpc) is 2.27. The van der Waals surface area contributed by atoms with Gasteiger partial charge in [0.2, 0.25) is 0 Å². The molecular formula is C12H15F3OS. The van der Waals surface area contributed by atoms with Crippen LogP contribution in [0.25, 0.3) is 0 Å². The largest absolute Gasteiger partial charge is 0.389 e. The Morgan fingerprint density at radius 1 is 1.29 bits per heavy atom. The van der Waals surface area contributed by atoms with Crippen LogP contribution in [-0.2, 0) is 0 Å². The lowest BCUT2D eigenvalue weighted by molar-refractivity contribution is -0.136. The maximum atomic E-state index is 12.0. The van der Waals surface area contributed by atoms with Gasteiger partial charge in [-0.25, -0.2) is 0 Å². The van der Waals surface area contributed by atoms with E-state index in [9.17, 15) is 18.3 Å². The first-order valence-corrected chi connectivity index (χ1v) is 6.54. The predicted molar refractivity (Wildman–Crippen MR) is 63.1 cm³/mol. The molecule has 0 heterocycles. The summed E-state index contributed by atoms with van der Waals surface area (Å²) in [6.45, 7) is 0. The molecule has 0 aliphatic rings. The first-order chi connectivity index (χ1) is 7.94. The van der Waals surface area contributed by atoms with Gasteiger partial charge in [0.1, 0.15) is 0 Å². The van der Waals surface area contributed by atoms with Crippen LogP contribution in [0.1, 0.15) is 30.9 Å². The number of rotatable bonds is 5. The molecule has 17 heavy (non-hydrogen) atoms. The van der Waals surface area contributed by atoms with Gasteiger partial charge in [-0.1, -0.05) is 18.2 Å². The summed E-state index contributed by atoms with van der Waals surface area (Å²) < 4.78 is 35.9. The number of aliphatic hydroxyl groups is 1. The molecule has 0 aromatic heterocycles. The molecular weight excluding hydrogens is 249 g/mol. The van der Waals surface area contributed by atoms with Crippen molar-refractivity contribution in [2.75, 3.05) is 6.26 Å². The number of aliphatic hydroxyl groups excluding tert-OH is 1. The van der Waals surface area contributed by atoms with Crippen molar-refractivity contribution in [2.24, 2.45) is 0 Å². The third kappa shape index (κ3) is 5.00. The van der Waals surface area contributed by atoms with Gasteiger partial charge in [-0.3, -0.25) is 0 Å². The summed E-state index contributed by atoms with van der Waals surface area (Å²) in [6, 6.07) is 7.23. The van der Waals surface area contributed by atoms with Crippen LogP contribution in [0.2, 0.25) is 0 Å². The van der Waals surface area contributed by atoms with Crippen molar-refractivity contribution in [3.8, 4) is 0 Å². The molecule has 1 aromatic rings. The second-order valence-corrected chi connectivity index (χ2v) is 4.61. The number of hydrogen-bond donors (Lipinski definition) is 1. The fraction of sp³-hybridized carbons (Fsp3) is 0.500. The smallest absolute Gasteiger partial charge is 0.388 e. The van der Waals surface area contributed by atoms with Gasteiger partial charge in [-0.15, -0.1) is 11.8 Å². The van der Waals surface area contributed by atoms with E-state index < -0.39 is 18.7 Å². The SMILES string of the molecule is CSc1ccccc1C(O)CCCC(F)(F)F. The van der Waals surface area contributed by atoms with E-state index in [2.05, 4.69) is 0 Å². The molecule has 1 nitrogen and oxygen atoms in total. The van der Waals surface area contributed by atoms with Gasteiger partial charge in [0, 0.05) is 11.3 Å². The molecule has 1 atom stereocenters. The first kappa shape index (κ1) is 14.4. The molecule has 0 saturated heterocycles. The molecule has 1 unspecified atom stereocenters. The minimum Gasteiger partial charge on any atom is -0.388 e. The molecule has 0 spiro atoms. The third-order valence-electron chi connectivity index (χ3n) is 2.44. The average molecular weight is 264 g/mol. The van der Waals surface area contributed by atoms with Crippen LogP contribution in [0.3, 0.4) is 0 Å². The fourth-order valence-electron chi connectivity index (χ4n) is 1.59. The lowest BCUT2D eigenvalue weighted by Gasteiger charge is -2.14. The molecule has 1 rings (SSSR count). The second kappa shape index (κ2) is 6.31. The summed E-state index contributed by atoms with van der Waals surface area (Å²) in [7, 11) is 0. The van der Waals surface area contributed by atoms with Crippen LogP contribution in [-0.4, -0.2) is 17.5 Å². The Labute approximate surface area is 103 Å². The summed E-state index contributed by atoms with van der Waals surface area (Å²) >= 11 is 1.48. The Kier molecular flexibility index (Phi) is 5.33. The van der Waals surface area contributed by atoms with Crippen LogP contribution < -0.4 is 0 Å². The van der Waals surface area contributed by atoms with E-state index in [1.54, 1.807) is 12.1 Å². The molecule has 1 N–H and O–H groups in total. The number of hydrogen-bond acceptors (Lipinski definition) is 2. The summed E-state index contributed by atoms with van der Waals surface area (Å²) in [6.07, 6.45) is -3.84. The summed E-state index contributed by atoms with van der Waals surface area (Å²) in [5.74, 6) is 0. The highest BCUT2D eigenvalue weighted by Gasteiger charge is 2.26. The van der Waals surface area contributed by atoms with Crippen LogP contribution in [0, 0.1) is 0 Å². The number of alkyl halides is 3. The van der Waals surface area contributed by atoms with Gasteiger partial charge in [0.05, 0.1) is 6.10 Å². The molecule has 5 heteroatoms. The van der Waals surface area contributed by atoms with Gasteiger partial charge in [0.15, 0.2) is 0 Å². The zero-order valence-electron chi connectivity index (χ0n) is 9.50. The Morgan fingerprint density at radius 2 is 1.94 bits per heavy atom. The Morgan fingerprint density at radius 3 is 2.53 bits per heavy atom. The Bertz CT molecular complexity index is 352. The number of halogens is 3. The lowest BCUT2D eigenvalue weighted by atomic mass is 10.0. The van der Waals surface area contributed by atoms with Crippen molar-refractivity contribution in [3.05, 3.63) is 29.8 Å². The molecule has 0 amide bonds. The Hall–Kier alpha value is -0.680. The molecule has 0 aliphatic heterocycles. The van der Waals surface area contributed by atoms with Gasteiger partial charge in [-0.05, 0) is 30.7 Å². The Balaban J connectivity index is 2.55. The normalized spacial score (nSPS) is 13.7. The van der Waals surface area contributed by atoms with E-state index in [0.717, 1.165) is 4.90 Å². The molecule has 0 radical (unpaired) electrons. The maximum Gasteiger partial charge on any atom is 0.389 e. The van der Waals surface area contributed by atoms with Crippen molar-refractivity contribution >= 4 is 11.8 Å². The van der Waals surface area contributed by atoms with E-state index >= 15 is 0 Å². The molecule has 96 valence electrons. The van der Waals surface area contributed by atoms with Gasteiger partial charge in [-0.2, -0.15) is 13.2 Å². The minimum absolute atomic E-state index is 0.0482. The van der Waals surface area contributed by atoms with E-state index in [-0.39, 0.29) is 12.8 Å². The summed E-state index contributed by atoms with van der Waals surface area (Å²) in [5.41, 5.74) is 0.710. The second-order valence-electron chi connectivity index (χ2n) is 3.77. The predicted octanol–water partition coefficient (Wildman–Crippen LogP) is 4.17. The summed E-state index contributed by atoms with van der Waals surface area (Å²) in [5, 5.41) is 9.85. The lowest BCUT2D eigenvalue weighted by Crippen LogP contribution is -2.08. The quantitative estimate of drug-likeness (QED) is 0.805. The molecule has 1 aromatic carbocycles. The van der Waals surface area contributed by atoms with Crippen LogP contribution in [0.5, 0.6) is 0 Å². The monoisotopic (exact) mass is 264 g/mol. The van der Waals surface area contributed by atoms with Crippen molar-refractivity contribution in [1.82, 2.24) is 0 Å². The standard InChI is InChI=1S/C12H15F3OS/c1-17-11-7-3-2-5-9(11)10(16)6-4-8-12(13,14)15/h2-3,5,7,10,16H,4,6,8H2,1H3. The highest BCUT2D eigenvalue weighted by atomic mass is 32.2. The van der Waals surface area contributed by atoms with Gasteiger partial charge < -0.3 is 5.11 Å². The van der Waals surface area contributed by atoms with Crippen molar-refractivity contribution in [2.45, 2.75) is 36.4 Å². The van der Waals surface area contributed by atoms with Crippen molar-refractivity contribution in [1.29, 1.82) is 0 Å². The summed E-state index contributed by atoms with van der Waals surface area (Å²) in [4.78, 5) is 0.909. The minimum atomic E-state index is -4.14. The third-order valence-corrected chi connectivity index (χ3v) is 3.25. The van der Waals surface area contributed by atoms with E-state index in [4.69, 9.17) is 0 Å². The molecule has 0 bridgehead atoms. The van der Waals surface area contributed by atoms with E-state index in [0.29, 0.717) is 5.56 Å². The van der Waals surface area contributed by atoms with Gasteiger partial charge in [0.25, 0.3) is 0 Å². The van der Waals surface area contributed by atoms with Gasteiger partial charge >= 0.3 is 6.18 Å². The highest BCUT2D eigenvalue weighted by Crippen LogP contribution is 2.30. The zero-order valence-corrected chi connectivity index (χ0v) is 10.3. The number of benzene rings is 1. The zero-order chi connectivity index (χ0) is 12.9. The van der Waals surface area contributed by atoms with E-state index in [1.165, 1.54) is 11.8 Å². The van der Waals surface area contributed by atoms with Crippen molar-refractivity contribution < 1.29 is 18.3 Å². The van der Waals surface area contributed by atoms with Crippen molar-refractivity contribution in [3.63, 3.8) is 0 Å². The van der Waals surface area contributed by atoms with Crippen LogP contribution in [0.15, 0.2) is 29.2 Å². The van der Waals surface area contributed by atoms with Crippen LogP contribution in [0.4, 0.5) is 13.2 Å².